The van der Waals surface area contributed by atoms with Gasteiger partial charge in [-0.05, 0) is 25.3 Å². The lowest BCUT2D eigenvalue weighted by Crippen LogP contribution is -2.45. The SMILES string of the molecule is CC1CN(CCCCCCC(=O)O)C1. The van der Waals surface area contributed by atoms with Crippen molar-refractivity contribution in [1.82, 2.24) is 4.90 Å². The molecule has 0 saturated carbocycles. The Hall–Kier alpha value is -0.570. The molecule has 0 bridgehead atoms. The van der Waals surface area contributed by atoms with Crippen LogP contribution in [0.3, 0.4) is 0 Å². The summed E-state index contributed by atoms with van der Waals surface area (Å²) in [6.45, 7) is 6.00. The molecule has 1 aliphatic rings. The largest absolute Gasteiger partial charge is 0.481 e. The minimum Gasteiger partial charge on any atom is -0.481 e. The van der Waals surface area contributed by atoms with Crippen molar-refractivity contribution in [2.75, 3.05) is 19.6 Å². The molecule has 0 amide bonds. The van der Waals surface area contributed by atoms with Crippen LogP contribution in [0.4, 0.5) is 0 Å². The number of carboxylic acids is 1. The molecule has 14 heavy (non-hydrogen) atoms. The van der Waals surface area contributed by atoms with Crippen LogP contribution in [-0.4, -0.2) is 35.6 Å². The molecular formula is C11H21NO2. The van der Waals surface area contributed by atoms with E-state index in [1.54, 1.807) is 0 Å². The van der Waals surface area contributed by atoms with E-state index in [1.165, 1.54) is 32.5 Å². The smallest absolute Gasteiger partial charge is 0.303 e. The number of carboxylic acid groups (broad SMARTS) is 1. The van der Waals surface area contributed by atoms with Crippen LogP contribution in [0.25, 0.3) is 0 Å². The third-order valence-electron chi connectivity index (χ3n) is 2.75. The van der Waals surface area contributed by atoms with Crippen molar-refractivity contribution in [1.29, 1.82) is 0 Å². The van der Waals surface area contributed by atoms with Crippen LogP contribution in [0.15, 0.2) is 0 Å². The van der Waals surface area contributed by atoms with E-state index in [1.807, 2.05) is 0 Å². The van der Waals surface area contributed by atoms with Crippen LogP contribution in [0.2, 0.25) is 0 Å². The summed E-state index contributed by atoms with van der Waals surface area (Å²) in [7, 11) is 0. The van der Waals surface area contributed by atoms with Crippen LogP contribution >= 0.6 is 0 Å². The molecule has 0 radical (unpaired) electrons. The highest BCUT2D eigenvalue weighted by Gasteiger charge is 2.20. The lowest BCUT2D eigenvalue weighted by molar-refractivity contribution is -0.137. The summed E-state index contributed by atoms with van der Waals surface area (Å²) in [5.74, 6) is 0.226. The first-order valence-electron chi connectivity index (χ1n) is 5.62. The summed E-state index contributed by atoms with van der Waals surface area (Å²) in [6.07, 6.45) is 4.65. The molecule has 3 nitrogen and oxygen atoms in total. The summed E-state index contributed by atoms with van der Waals surface area (Å²) in [5.41, 5.74) is 0. The number of carbonyl (C=O) groups is 1. The second kappa shape index (κ2) is 6.02. The van der Waals surface area contributed by atoms with Gasteiger partial charge in [0.05, 0.1) is 0 Å². The van der Waals surface area contributed by atoms with Gasteiger partial charge in [-0.1, -0.05) is 19.8 Å². The van der Waals surface area contributed by atoms with Gasteiger partial charge in [-0.15, -0.1) is 0 Å². The summed E-state index contributed by atoms with van der Waals surface area (Å²) in [6, 6.07) is 0. The zero-order valence-electron chi connectivity index (χ0n) is 9.04. The maximum absolute atomic E-state index is 10.2. The van der Waals surface area contributed by atoms with Gasteiger partial charge in [-0.25, -0.2) is 0 Å². The maximum atomic E-state index is 10.2. The second-order valence-corrected chi connectivity index (χ2v) is 4.42. The number of rotatable bonds is 7. The van der Waals surface area contributed by atoms with Crippen molar-refractivity contribution < 1.29 is 9.90 Å². The lowest BCUT2D eigenvalue weighted by atomic mass is 10.0. The zero-order valence-corrected chi connectivity index (χ0v) is 9.04. The van der Waals surface area contributed by atoms with Crippen LogP contribution in [0.1, 0.15) is 39.0 Å². The third kappa shape index (κ3) is 4.61. The van der Waals surface area contributed by atoms with Gasteiger partial charge in [0.15, 0.2) is 0 Å². The van der Waals surface area contributed by atoms with E-state index in [0.29, 0.717) is 6.42 Å². The summed E-state index contributed by atoms with van der Waals surface area (Å²) in [4.78, 5) is 12.7. The van der Waals surface area contributed by atoms with Gasteiger partial charge in [-0.2, -0.15) is 0 Å². The van der Waals surface area contributed by atoms with E-state index in [-0.39, 0.29) is 0 Å². The average Bonchev–Trinajstić information content (AvgIpc) is 2.07. The molecule has 3 heteroatoms. The molecule has 1 aliphatic heterocycles. The monoisotopic (exact) mass is 199 g/mol. The van der Waals surface area contributed by atoms with Crippen LogP contribution in [-0.2, 0) is 4.79 Å². The van der Waals surface area contributed by atoms with Gasteiger partial charge in [0, 0.05) is 19.5 Å². The number of hydrogen-bond donors (Lipinski definition) is 1. The van der Waals surface area contributed by atoms with Gasteiger partial charge in [-0.3, -0.25) is 4.79 Å². The average molecular weight is 199 g/mol. The molecule has 0 spiro atoms. The summed E-state index contributed by atoms with van der Waals surface area (Å²) >= 11 is 0. The van der Waals surface area contributed by atoms with E-state index < -0.39 is 5.97 Å². The summed E-state index contributed by atoms with van der Waals surface area (Å²) < 4.78 is 0. The highest BCUT2D eigenvalue weighted by molar-refractivity contribution is 5.66. The fourth-order valence-corrected chi connectivity index (χ4v) is 1.98. The Morgan fingerprint density at radius 2 is 1.93 bits per heavy atom. The first-order chi connectivity index (χ1) is 6.68. The minimum atomic E-state index is -0.665. The number of hydrogen-bond acceptors (Lipinski definition) is 2. The van der Waals surface area contributed by atoms with E-state index in [9.17, 15) is 4.79 Å². The standard InChI is InChI=1S/C11H21NO2/c1-10-8-12(9-10)7-5-3-2-4-6-11(13)14/h10H,2-9H2,1H3,(H,13,14). The molecule has 0 atom stereocenters. The Balaban J connectivity index is 1.78. The number of nitrogens with zero attached hydrogens (tertiary/aromatic N) is 1. The molecule has 0 aromatic rings. The van der Waals surface area contributed by atoms with Gasteiger partial charge < -0.3 is 10.0 Å². The fraction of sp³-hybridized carbons (Fsp3) is 0.909. The quantitative estimate of drug-likeness (QED) is 0.637. The molecule has 0 aromatic heterocycles. The molecule has 0 aromatic carbocycles. The van der Waals surface area contributed by atoms with Gasteiger partial charge in [0.1, 0.15) is 0 Å². The van der Waals surface area contributed by atoms with Crippen molar-refractivity contribution in [3.63, 3.8) is 0 Å². The predicted octanol–water partition coefficient (Wildman–Crippen LogP) is 1.97. The zero-order chi connectivity index (χ0) is 10.4. The highest BCUT2D eigenvalue weighted by atomic mass is 16.4. The van der Waals surface area contributed by atoms with Crippen molar-refractivity contribution in [2.24, 2.45) is 5.92 Å². The molecule has 1 N–H and O–H groups in total. The van der Waals surface area contributed by atoms with E-state index in [4.69, 9.17) is 5.11 Å². The van der Waals surface area contributed by atoms with Gasteiger partial charge in [0.25, 0.3) is 0 Å². The normalized spacial score (nSPS) is 18.1. The Morgan fingerprint density at radius 3 is 2.50 bits per heavy atom. The molecule has 1 fully saturated rings. The third-order valence-corrected chi connectivity index (χ3v) is 2.75. The molecular weight excluding hydrogens is 178 g/mol. The summed E-state index contributed by atoms with van der Waals surface area (Å²) in [5, 5.41) is 8.43. The van der Waals surface area contributed by atoms with Gasteiger partial charge >= 0.3 is 5.97 Å². The Bertz CT molecular complexity index is 176. The van der Waals surface area contributed by atoms with E-state index >= 15 is 0 Å². The predicted molar refractivity (Wildman–Crippen MR) is 56.3 cm³/mol. The highest BCUT2D eigenvalue weighted by Crippen LogP contribution is 2.15. The minimum absolute atomic E-state index is 0.334. The fourth-order valence-electron chi connectivity index (χ4n) is 1.98. The molecule has 0 unspecified atom stereocenters. The first kappa shape index (κ1) is 11.5. The lowest BCUT2D eigenvalue weighted by Gasteiger charge is -2.37. The molecule has 0 aliphatic carbocycles. The maximum Gasteiger partial charge on any atom is 0.303 e. The van der Waals surface area contributed by atoms with E-state index in [2.05, 4.69) is 11.8 Å². The van der Waals surface area contributed by atoms with Crippen LogP contribution in [0, 0.1) is 5.92 Å². The van der Waals surface area contributed by atoms with Crippen LogP contribution in [0.5, 0.6) is 0 Å². The first-order valence-corrected chi connectivity index (χ1v) is 5.62. The molecule has 82 valence electrons. The van der Waals surface area contributed by atoms with Crippen LogP contribution < -0.4 is 0 Å². The van der Waals surface area contributed by atoms with Crippen molar-refractivity contribution in [3.8, 4) is 0 Å². The van der Waals surface area contributed by atoms with Crippen molar-refractivity contribution in [3.05, 3.63) is 0 Å². The Labute approximate surface area is 86.1 Å². The molecule has 1 saturated heterocycles. The Morgan fingerprint density at radius 1 is 1.29 bits per heavy atom. The van der Waals surface area contributed by atoms with Gasteiger partial charge in [0.2, 0.25) is 0 Å². The van der Waals surface area contributed by atoms with Crippen molar-refractivity contribution in [2.45, 2.75) is 39.0 Å². The molecule has 1 rings (SSSR count). The molecule has 1 heterocycles. The topological polar surface area (TPSA) is 40.5 Å². The Kier molecular flexibility index (Phi) is 4.94. The second-order valence-electron chi connectivity index (χ2n) is 4.42. The number of unbranched alkanes of at least 4 members (excludes halogenated alkanes) is 3. The van der Waals surface area contributed by atoms with E-state index in [0.717, 1.165) is 18.8 Å². The number of likely N-dealkylation sites (tertiary alicyclic amines) is 1. The van der Waals surface area contributed by atoms with Crippen molar-refractivity contribution >= 4 is 5.97 Å². The number of aliphatic carboxylic acids is 1.